The van der Waals surface area contributed by atoms with Gasteiger partial charge in [-0.15, -0.1) is 0 Å². The van der Waals surface area contributed by atoms with Gasteiger partial charge in [-0.25, -0.2) is 8.78 Å². The minimum Gasteiger partial charge on any atom is -0.333 e. The highest BCUT2D eigenvalue weighted by Crippen LogP contribution is 2.29. The minimum absolute atomic E-state index is 0.133. The smallest absolute Gasteiger partial charge is 0.265 e. The van der Waals surface area contributed by atoms with E-state index in [0.29, 0.717) is 18.5 Å². The number of amides is 1. The van der Waals surface area contributed by atoms with Gasteiger partial charge in [-0.1, -0.05) is 6.07 Å². The zero-order valence-electron chi connectivity index (χ0n) is 9.43. The Hall–Kier alpha value is -0.240. The van der Waals surface area contributed by atoms with Gasteiger partial charge in [0.15, 0.2) is 0 Å². The van der Waals surface area contributed by atoms with Crippen molar-refractivity contribution in [3.8, 4) is 0 Å². The van der Waals surface area contributed by atoms with Crippen LogP contribution in [0.5, 0.6) is 0 Å². The van der Waals surface area contributed by atoms with E-state index < -0.39 is 12.5 Å². The first-order valence-electron chi connectivity index (χ1n) is 5.52. The van der Waals surface area contributed by atoms with Crippen molar-refractivity contribution in [1.82, 2.24) is 4.90 Å². The van der Waals surface area contributed by atoms with E-state index >= 15 is 0 Å². The van der Waals surface area contributed by atoms with Crippen molar-refractivity contribution in [3.63, 3.8) is 0 Å². The zero-order valence-corrected chi connectivity index (χ0v) is 13.2. The topological polar surface area (TPSA) is 20.3 Å². The molecule has 0 saturated carbocycles. The second-order valence-electron chi connectivity index (χ2n) is 4.29. The van der Waals surface area contributed by atoms with Crippen LogP contribution in [0, 0.1) is 3.57 Å². The van der Waals surface area contributed by atoms with Gasteiger partial charge in [0, 0.05) is 21.0 Å². The fraction of sp³-hybridized carbons (Fsp3) is 0.417. The molecule has 1 fully saturated rings. The molecule has 1 saturated heterocycles. The molecule has 0 atom stereocenters. The maximum Gasteiger partial charge on any atom is 0.265 e. The number of alkyl halides is 2. The number of halogens is 4. The summed E-state index contributed by atoms with van der Waals surface area (Å²) in [6, 6.07) is 5.23. The number of hydrogen-bond donors (Lipinski definition) is 0. The number of likely N-dealkylation sites (tertiary alicyclic amines) is 1. The van der Waals surface area contributed by atoms with Crippen LogP contribution >= 0.6 is 38.5 Å². The molecule has 98 valence electrons. The van der Waals surface area contributed by atoms with Crippen LogP contribution < -0.4 is 0 Å². The van der Waals surface area contributed by atoms with Gasteiger partial charge in [0.05, 0.1) is 12.1 Å². The number of piperidine rings is 1. The number of rotatable bonds is 1. The number of nitrogens with zero attached hydrogens (tertiary/aromatic N) is 1. The third-order valence-electron chi connectivity index (χ3n) is 2.86. The molecule has 2 rings (SSSR count). The van der Waals surface area contributed by atoms with Crippen LogP contribution in [0.2, 0.25) is 0 Å². The Morgan fingerprint density at radius 3 is 2.83 bits per heavy atom. The van der Waals surface area contributed by atoms with Gasteiger partial charge < -0.3 is 4.90 Å². The molecule has 0 bridgehead atoms. The molecule has 6 heteroatoms. The molecule has 0 N–H and O–H groups in total. The van der Waals surface area contributed by atoms with E-state index in [1.165, 1.54) is 4.90 Å². The largest absolute Gasteiger partial charge is 0.333 e. The highest BCUT2D eigenvalue weighted by molar-refractivity contribution is 14.1. The Morgan fingerprint density at radius 2 is 2.17 bits per heavy atom. The lowest BCUT2D eigenvalue weighted by Crippen LogP contribution is -2.45. The summed E-state index contributed by atoms with van der Waals surface area (Å²) >= 11 is 5.38. The molecule has 1 amide bonds. The molecular weight excluding hydrogens is 419 g/mol. The summed E-state index contributed by atoms with van der Waals surface area (Å²) in [6.45, 7) is -0.0779. The van der Waals surface area contributed by atoms with Crippen LogP contribution in [-0.4, -0.2) is 29.8 Å². The van der Waals surface area contributed by atoms with Crippen LogP contribution in [0.15, 0.2) is 22.7 Å². The molecule has 1 aliphatic rings. The van der Waals surface area contributed by atoms with Gasteiger partial charge >= 0.3 is 0 Å². The van der Waals surface area contributed by atoms with Crippen molar-refractivity contribution < 1.29 is 13.6 Å². The quantitative estimate of drug-likeness (QED) is 0.619. The van der Waals surface area contributed by atoms with E-state index in [4.69, 9.17) is 0 Å². The Bertz CT molecular complexity index is 481. The lowest BCUT2D eigenvalue weighted by molar-refractivity contribution is -0.0560. The SMILES string of the molecule is O=C(c1cccc(Br)c1I)N1CCCC(F)(F)C1. The minimum atomic E-state index is -2.76. The van der Waals surface area contributed by atoms with Crippen LogP contribution in [-0.2, 0) is 0 Å². The average Bonchev–Trinajstić information content (AvgIpc) is 2.30. The van der Waals surface area contributed by atoms with Gasteiger partial charge in [-0.3, -0.25) is 4.79 Å². The standard InChI is InChI=1S/C12H11BrF2INO/c13-9-4-1-3-8(10(9)16)11(18)17-6-2-5-12(14,15)7-17/h1,3-4H,2,5-7H2. The van der Waals surface area contributed by atoms with E-state index in [-0.39, 0.29) is 12.3 Å². The molecule has 0 aliphatic carbocycles. The van der Waals surface area contributed by atoms with Crippen molar-refractivity contribution in [2.75, 3.05) is 13.1 Å². The first-order chi connectivity index (χ1) is 8.41. The molecular formula is C12H11BrF2INO. The Labute approximate surface area is 126 Å². The molecule has 0 aromatic heterocycles. The van der Waals surface area contributed by atoms with Crippen LogP contribution in [0.1, 0.15) is 23.2 Å². The number of hydrogen-bond acceptors (Lipinski definition) is 1. The van der Waals surface area contributed by atoms with Crippen molar-refractivity contribution >= 4 is 44.4 Å². The van der Waals surface area contributed by atoms with E-state index in [2.05, 4.69) is 15.9 Å². The molecule has 1 heterocycles. The number of carbonyl (C=O) groups excluding carboxylic acids is 1. The second kappa shape index (κ2) is 5.40. The summed E-state index contributed by atoms with van der Waals surface area (Å²) < 4.78 is 28.2. The number of benzene rings is 1. The second-order valence-corrected chi connectivity index (χ2v) is 6.22. The monoisotopic (exact) mass is 429 g/mol. The van der Waals surface area contributed by atoms with Crippen molar-refractivity contribution in [2.45, 2.75) is 18.8 Å². The third kappa shape index (κ3) is 3.01. The third-order valence-corrected chi connectivity index (χ3v) is 5.43. The van der Waals surface area contributed by atoms with Gasteiger partial charge in [-0.2, -0.15) is 0 Å². The van der Waals surface area contributed by atoms with Crippen molar-refractivity contribution in [3.05, 3.63) is 31.8 Å². The Kier molecular flexibility index (Phi) is 4.25. The number of carbonyl (C=O) groups is 1. The van der Waals surface area contributed by atoms with Gasteiger partial charge in [0.25, 0.3) is 11.8 Å². The highest BCUT2D eigenvalue weighted by Gasteiger charge is 2.37. The van der Waals surface area contributed by atoms with Crippen molar-refractivity contribution in [1.29, 1.82) is 0 Å². The summed E-state index contributed by atoms with van der Waals surface area (Å²) in [5.41, 5.74) is 0.475. The van der Waals surface area contributed by atoms with E-state index in [0.717, 1.165) is 8.04 Å². The van der Waals surface area contributed by atoms with Crippen molar-refractivity contribution in [2.24, 2.45) is 0 Å². The summed E-state index contributed by atoms with van der Waals surface area (Å²) in [7, 11) is 0. The fourth-order valence-electron chi connectivity index (χ4n) is 1.98. The van der Waals surface area contributed by atoms with Crippen LogP contribution in [0.25, 0.3) is 0 Å². The summed E-state index contributed by atoms with van der Waals surface area (Å²) in [6.07, 6.45) is 0.218. The molecule has 1 aromatic rings. The first-order valence-corrected chi connectivity index (χ1v) is 7.39. The van der Waals surface area contributed by atoms with Gasteiger partial charge in [0.2, 0.25) is 0 Å². The molecule has 18 heavy (non-hydrogen) atoms. The zero-order chi connectivity index (χ0) is 13.3. The summed E-state index contributed by atoms with van der Waals surface area (Å²) in [5.74, 6) is -3.08. The predicted molar refractivity (Wildman–Crippen MR) is 76.9 cm³/mol. The molecule has 2 nitrogen and oxygen atoms in total. The molecule has 1 aromatic carbocycles. The fourth-order valence-corrected chi connectivity index (χ4v) is 2.94. The van der Waals surface area contributed by atoms with Gasteiger partial charge in [-0.05, 0) is 57.1 Å². The van der Waals surface area contributed by atoms with E-state index in [1.54, 1.807) is 12.1 Å². The molecule has 1 aliphatic heterocycles. The average molecular weight is 430 g/mol. The Morgan fingerprint density at radius 1 is 1.44 bits per heavy atom. The lowest BCUT2D eigenvalue weighted by atomic mass is 10.1. The van der Waals surface area contributed by atoms with E-state index in [9.17, 15) is 13.6 Å². The Balaban J connectivity index is 2.23. The van der Waals surface area contributed by atoms with E-state index in [1.807, 2.05) is 28.7 Å². The predicted octanol–water partition coefficient (Wildman–Crippen LogP) is 3.93. The highest BCUT2D eigenvalue weighted by atomic mass is 127. The van der Waals surface area contributed by atoms with Crippen LogP contribution in [0.4, 0.5) is 8.78 Å². The lowest BCUT2D eigenvalue weighted by Gasteiger charge is -2.32. The maximum absolute atomic E-state index is 13.3. The first kappa shape index (κ1) is 14.2. The molecule has 0 spiro atoms. The molecule has 0 unspecified atom stereocenters. The summed E-state index contributed by atoms with van der Waals surface area (Å²) in [5, 5.41) is 0. The van der Waals surface area contributed by atoms with Gasteiger partial charge in [0.1, 0.15) is 0 Å². The maximum atomic E-state index is 13.3. The molecule has 0 radical (unpaired) electrons. The van der Waals surface area contributed by atoms with Crippen LogP contribution in [0.3, 0.4) is 0 Å². The normalized spacial score (nSPS) is 18.8. The summed E-state index contributed by atoms with van der Waals surface area (Å²) in [4.78, 5) is 13.5.